The van der Waals surface area contributed by atoms with Crippen molar-refractivity contribution in [2.75, 3.05) is 6.54 Å². The maximum absolute atomic E-state index is 11.2. The average Bonchev–Trinajstić information content (AvgIpc) is 2.35. The van der Waals surface area contributed by atoms with E-state index in [2.05, 4.69) is 9.26 Å². The van der Waals surface area contributed by atoms with Crippen molar-refractivity contribution in [3.63, 3.8) is 0 Å². The van der Waals surface area contributed by atoms with Crippen molar-refractivity contribution in [1.29, 1.82) is 0 Å². The molecule has 0 saturated carbocycles. The maximum atomic E-state index is 11.2. The summed E-state index contributed by atoms with van der Waals surface area (Å²) in [4.78, 5) is 30.4. The molecular weight excluding hydrogens is 277 g/mol. The fraction of sp³-hybridized carbons (Fsp3) is 0.200. The first kappa shape index (κ1) is 15.2. The van der Waals surface area contributed by atoms with Gasteiger partial charge in [-0.15, -0.1) is 0 Å². The van der Waals surface area contributed by atoms with Gasteiger partial charge in [0, 0.05) is 0 Å². The third kappa shape index (κ3) is 6.56. The maximum Gasteiger partial charge on any atom is 0.516 e. The fourth-order valence-electron chi connectivity index (χ4n) is 1.04. The van der Waals surface area contributed by atoms with Crippen LogP contribution < -0.4 is 5.09 Å². The van der Waals surface area contributed by atoms with Crippen LogP contribution in [0.4, 0.5) is 4.79 Å². The predicted molar refractivity (Wildman–Crippen MR) is 63.2 cm³/mol. The second-order valence-corrected chi connectivity index (χ2v) is 4.90. The molecule has 0 heterocycles. The number of carbonyl (C=O) groups is 2. The van der Waals surface area contributed by atoms with Gasteiger partial charge in [0.2, 0.25) is 0 Å². The minimum atomic E-state index is -4.53. The number of aliphatic carboxylic acids is 1. The molecule has 3 N–H and O–H groups in total. The van der Waals surface area contributed by atoms with Gasteiger partial charge in [-0.05, 0) is 5.56 Å². The first-order valence-electron chi connectivity index (χ1n) is 5.09. The third-order valence-corrected chi connectivity index (χ3v) is 2.78. The molecule has 0 saturated heterocycles. The molecule has 0 aromatic heterocycles. The van der Waals surface area contributed by atoms with Crippen molar-refractivity contribution in [1.82, 2.24) is 5.09 Å². The van der Waals surface area contributed by atoms with E-state index in [0.29, 0.717) is 5.56 Å². The summed E-state index contributed by atoms with van der Waals surface area (Å²) >= 11 is 0. The molecule has 1 aromatic rings. The molecule has 0 spiro atoms. The molecule has 19 heavy (non-hydrogen) atoms. The highest BCUT2D eigenvalue weighted by Gasteiger charge is 2.25. The zero-order valence-electron chi connectivity index (χ0n) is 9.68. The van der Waals surface area contributed by atoms with E-state index in [0.717, 1.165) is 0 Å². The molecule has 0 radical (unpaired) electrons. The van der Waals surface area contributed by atoms with Gasteiger partial charge in [0.15, 0.2) is 0 Å². The first-order valence-corrected chi connectivity index (χ1v) is 6.67. The summed E-state index contributed by atoms with van der Waals surface area (Å²) in [6.07, 6.45) is -1.37. The number of hydrogen-bond acceptors (Lipinski definition) is 5. The van der Waals surface area contributed by atoms with Crippen molar-refractivity contribution in [3.8, 4) is 0 Å². The highest BCUT2D eigenvalue weighted by molar-refractivity contribution is 7.51. The highest BCUT2D eigenvalue weighted by atomic mass is 31.2. The Balaban J connectivity index is 2.38. The normalized spacial score (nSPS) is 13.3. The zero-order chi connectivity index (χ0) is 14.3. The Hall–Kier alpha value is -1.89. The lowest BCUT2D eigenvalue weighted by Crippen LogP contribution is -2.22. The fourth-order valence-corrected chi connectivity index (χ4v) is 1.70. The Morgan fingerprint density at radius 2 is 1.89 bits per heavy atom. The lowest BCUT2D eigenvalue weighted by atomic mass is 10.2. The van der Waals surface area contributed by atoms with Gasteiger partial charge in [-0.2, -0.15) is 0 Å². The highest BCUT2D eigenvalue weighted by Crippen LogP contribution is 2.36. The molecule has 1 rings (SSSR count). The summed E-state index contributed by atoms with van der Waals surface area (Å²) < 4.78 is 19.9. The van der Waals surface area contributed by atoms with Crippen molar-refractivity contribution < 1.29 is 33.4 Å². The smallest absolute Gasteiger partial charge is 0.480 e. The molecule has 1 unspecified atom stereocenters. The molecular formula is C10H12NO7P. The standard InChI is InChI=1S/C10H12NO7P/c12-9(13)6-11-19(15,16)18-10(14)17-7-8-4-2-1-3-5-8/h1-5H,6-7H2,(H,12,13)(H2,11,15,16). The van der Waals surface area contributed by atoms with Crippen LogP contribution in [0.2, 0.25) is 0 Å². The molecule has 0 bridgehead atoms. The first-order chi connectivity index (χ1) is 8.89. The quantitative estimate of drug-likeness (QED) is 0.526. The van der Waals surface area contributed by atoms with Crippen molar-refractivity contribution in [3.05, 3.63) is 35.9 Å². The van der Waals surface area contributed by atoms with Crippen LogP contribution in [0.5, 0.6) is 0 Å². The number of carbonyl (C=O) groups excluding carboxylic acids is 1. The second kappa shape index (κ2) is 6.89. The molecule has 0 aliphatic heterocycles. The van der Waals surface area contributed by atoms with Crippen LogP contribution >= 0.6 is 7.75 Å². The molecule has 104 valence electrons. The molecule has 0 amide bonds. The van der Waals surface area contributed by atoms with Crippen LogP contribution in [-0.2, 0) is 25.2 Å². The minimum Gasteiger partial charge on any atom is -0.480 e. The Kier molecular flexibility index (Phi) is 5.50. The molecule has 0 aliphatic carbocycles. The van der Waals surface area contributed by atoms with E-state index in [1.165, 1.54) is 0 Å². The predicted octanol–water partition coefficient (Wildman–Crippen LogP) is 1.11. The van der Waals surface area contributed by atoms with Crippen LogP contribution in [0.25, 0.3) is 0 Å². The van der Waals surface area contributed by atoms with E-state index in [1.54, 1.807) is 35.4 Å². The van der Waals surface area contributed by atoms with E-state index in [4.69, 9.17) is 10.00 Å². The van der Waals surface area contributed by atoms with Gasteiger partial charge >= 0.3 is 19.9 Å². The van der Waals surface area contributed by atoms with Crippen molar-refractivity contribution in [2.24, 2.45) is 0 Å². The Bertz CT molecular complexity index is 490. The largest absolute Gasteiger partial charge is 0.516 e. The Morgan fingerprint density at radius 3 is 2.47 bits per heavy atom. The number of carboxylic acids is 1. The summed E-state index contributed by atoms with van der Waals surface area (Å²) in [6.45, 7) is -0.946. The van der Waals surface area contributed by atoms with Gasteiger partial charge in [-0.3, -0.25) is 4.79 Å². The summed E-state index contributed by atoms with van der Waals surface area (Å²) in [5.41, 5.74) is 0.672. The molecule has 1 aromatic carbocycles. The number of ether oxygens (including phenoxy) is 1. The number of rotatable bonds is 6. The summed E-state index contributed by atoms with van der Waals surface area (Å²) in [6, 6.07) is 8.62. The summed E-state index contributed by atoms with van der Waals surface area (Å²) in [5.74, 6) is -1.37. The van der Waals surface area contributed by atoms with E-state index in [1.807, 2.05) is 0 Å². The average molecular weight is 289 g/mol. The molecule has 1 atom stereocenters. The SMILES string of the molecule is O=C(O)CNP(=O)(O)OC(=O)OCc1ccccc1. The Morgan fingerprint density at radius 1 is 1.26 bits per heavy atom. The molecule has 8 nitrogen and oxygen atoms in total. The van der Waals surface area contributed by atoms with Gasteiger partial charge < -0.3 is 19.3 Å². The topological polar surface area (TPSA) is 122 Å². The van der Waals surface area contributed by atoms with Crippen LogP contribution in [0, 0.1) is 0 Å². The van der Waals surface area contributed by atoms with Crippen LogP contribution in [0.15, 0.2) is 30.3 Å². The van der Waals surface area contributed by atoms with Crippen molar-refractivity contribution in [2.45, 2.75) is 6.61 Å². The van der Waals surface area contributed by atoms with E-state index >= 15 is 0 Å². The molecule has 0 fully saturated rings. The molecule has 0 aliphatic rings. The summed E-state index contributed by atoms with van der Waals surface area (Å²) in [5, 5.41) is 9.97. The minimum absolute atomic E-state index is 0.126. The van der Waals surface area contributed by atoms with Gasteiger partial charge in [-0.1, -0.05) is 30.3 Å². The second-order valence-electron chi connectivity index (χ2n) is 3.36. The van der Waals surface area contributed by atoms with Crippen molar-refractivity contribution >= 4 is 19.9 Å². The third-order valence-electron chi connectivity index (χ3n) is 1.83. The van der Waals surface area contributed by atoms with Gasteiger partial charge in [-0.25, -0.2) is 14.4 Å². The van der Waals surface area contributed by atoms with Crippen LogP contribution in [-0.4, -0.2) is 28.7 Å². The lowest BCUT2D eigenvalue weighted by Gasteiger charge is -2.11. The van der Waals surface area contributed by atoms with Gasteiger partial charge in [0.25, 0.3) is 0 Å². The number of benzene rings is 1. The zero-order valence-corrected chi connectivity index (χ0v) is 10.6. The van der Waals surface area contributed by atoms with Crippen LogP contribution in [0.1, 0.15) is 5.56 Å². The molecule has 9 heteroatoms. The number of hydrogen-bond donors (Lipinski definition) is 3. The van der Waals surface area contributed by atoms with E-state index < -0.39 is 26.4 Å². The summed E-state index contributed by atoms with van der Waals surface area (Å²) in [7, 11) is -4.53. The number of carboxylic acid groups (broad SMARTS) is 1. The lowest BCUT2D eigenvalue weighted by molar-refractivity contribution is -0.135. The van der Waals surface area contributed by atoms with Gasteiger partial charge in [0.05, 0.1) is 0 Å². The number of nitrogens with one attached hydrogen (secondary N) is 1. The van der Waals surface area contributed by atoms with Crippen LogP contribution in [0.3, 0.4) is 0 Å². The van der Waals surface area contributed by atoms with Gasteiger partial charge in [0.1, 0.15) is 13.2 Å². The monoisotopic (exact) mass is 289 g/mol. The van der Waals surface area contributed by atoms with E-state index in [9.17, 15) is 14.2 Å². The van der Waals surface area contributed by atoms with E-state index in [-0.39, 0.29) is 6.61 Å². The Labute approximate surface area is 108 Å².